The van der Waals surface area contributed by atoms with Crippen molar-refractivity contribution in [1.82, 2.24) is 4.90 Å². The minimum absolute atomic E-state index is 0.140. The van der Waals surface area contributed by atoms with E-state index in [1.807, 2.05) is 57.2 Å². The van der Waals surface area contributed by atoms with Crippen LogP contribution in [0.15, 0.2) is 48.1 Å². The van der Waals surface area contributed by atoms with E-state index in [2.05, 4.69) is 0 Å². The lowest BCUT2D eigenvalue weighted by Crippen LogP contribution is -2.49. The molecule has 2 bridgehead atoms. The Morgan fingerprint density at radius 3 is 2.67 bits per heavy atom. The van der Waals surface area contributed by atoms with Crippen LogP contribution in [0.2, 0.25) is 0 Å². The summed E-state index contributed by atoms with van der Waals surface area (Å²) in [5, 5.41) is 0. The summed E-state index contributed by atoms with van der Waals surface area (Å²) in [7, 11) is 1.65. The summed E-state index contributed by atoms with van der Waals surface area (Å²) in [4.78, 5) is 27.0. The molecule has 7 nitrogen and oxygen atoms in total. The van der Waals surface area contributed by atoms with Crippen molar-refractivity contribution in [2.75, 3.05) is 13.7 Å². The van der Waals surface area contributed by atoms with Gasteiger partial charge in [0.2, 0.25) is 0 Å². The number of benzene rings is 1. The molecule has 1 aromatic rings. The molecule has 3 atom stereocenters. The van der Waals surface area contributed by atoms with Crippen LogP contribution < -0.4 is 4.74 Å². The van der Waals surface area contributed by atoms with Gasteiger partial charge in [0.15, 0.2) is 5.60 Å². The van der Waals surface area contributed by atoms with Gasteiger partial charge < -0.3 is 18.9 Å². The van der Waals surface area contributed by atoms with Gasteiger partial charge in [-0.1, -0.05) is 24.3 Å². The van der Waals surface area contributed by atoms with Crippen molar-refractivity contribution in [3.05, 3.63) is 53.6 Å². The predicted octanol–water partition coefficient (Wildman–Crippen LogP) is 4.55. The minimum atomic E-state index is -0.767. The van der Waals surface area contributed by atoms with Crippen LogP contribution in [0.1, 0.15) is 52.0 Å². The number of fused-ring (bicyclic) bond motifs is 1. The van der Waals surface area contributed by atoms with Gasteiger partial charge in [-0.3, -0.25) is 4.90 Å². The predicted molar refractivity (Wildman–Crippen MR) is 123 cm³/mol. The first-order valence-electron chi connectivity index (χ1n) is 11.6. The summed E-state index contributed by atoms with van der Waals surface area (Å²) in [5.41, 5.74) is 0.585. The lowest BCUT2D eigenvalue weighted by atomic mass is 9.81. The number of hydrogen-bond acceptors (Lipinski definition) is 6. The van der Waals surface area contributed by atoms with Crippen molar-refractivity contribution in [2.24, 2.45) is 0 Å². The zero-order valence-electron chi connectivity index (χ0n) is 19.8. The Morgan fingerprint density at radius 1 is 1.21 bits per heavy atom. The van der Waals surface area contributed by atoms with Crippen LogP contribution in [0.5, 0.6) is 5.75 Å². The second kappa shape index (κ2) is 9.21. The Labute approximate surface area is 195 Å². The Hall–Kier alpha value is -2.80. The quantitative estimate of drug-likeness (QED) is 0.423. The van der Waals surface area contributed by atoms with E-state index >= 15 is 0 Å². The second-order valence-corrected chi connectivity index (χ2v) is 9.84. The normalized spacial score (nSPS) is 25.5. The third kappa shape index (κ3) is 4.93. The summed E-state index contributed by atoms with van der Waals surface area (Å²) in [5.74, 6) is 0.485. The van der Waals surface area contributed by atoms with Crippen LogP contribution in [0, 0.1) is 0 Å². The highest BCUT2D eigenvalue weighted by atomic mass is 16.6. The van der Waals surface area contributed by atoms with E-state index in [1.54, 1.807) is 18.1 Å². The summed E-state index contributed by atoms with van der Waals surface area (Å²) in [6, 6.07) is 7.42. The van der Waals surface area contributed by atoms with Gasteiger partial charge in [0, 0.05) is 24.7 Å². The van der Waals surface area contributed by atoms with Gasteiger partial charge in [-0.2, -0.15) is 0 Å². The molecule has 2 heterocycles. The summed E-state index contributed by atoms with van der Waals surface area (Å²) >= 11 is 0. The van der Waals surface area contributed by atoms with Crippen molar-refractivity contribution < 1.29 is 28.5 Å². The topological polar surface area (TPSA) is 74.3 Å². The number of nitrogens with zero attached hydrogens (tertiary/aromatic N) is 1. The average molecular weight is 456 g/mol. The Kier molecular flexibility index (Phi) is 6.52. The van der Waals surface area contributed by atoms with Crippen LogP contribution >= 0.6 is 0 Å². The highest BCUT2D eigenvalue weighted by Crippen LogP contribution is 2.50. The zero-order chi connectivity index (χ0) is 23.6. The Bertz CT molecular complexity index is 945. The van der Waals surface area contributed by atoms with Crippen LogP contribution in [0.25, 0.3) is 0 Å². The summed E-state index contributed by atoms with van der Waals surface area (Å²) in [6.45, 7) is 6.73. The molecule has 1 fully saturated rings. The highest BCUT2D eigenvalue weighted by molar-refractivity contribution is 5.89. The highest BCUT2D eigenvalue weighted by Gasteiger charge is 2.61. The lowest BCUT2D eigenvalue weighted by molar-refractivity contribution is -0.148. The number of rotatable bonds is 8. The maximum atomic E-state index is 13.1. The molecule has 0 N–H and O–H groups in total. The van der Waals surface area contributed by atoms with Gasteiger partial charge >= 0.3 is 12.1 Å². The van der Waals surface area contributed by atoms with E-state index in [0.29, 0.717) is 26.1 Å². The molecule has 4 rings (SSSR count). The first-order valence-corrected chi connectivity index (χ1v) is 11.6. The SMILES string of the molecule is COc1ccc(COCCCC[C@@H]2N(C(=O)OC(C)(C)C)[C@@H]3C=CC4=CC(=O)O[C@@]42C3)cc1. The Morgan fingerprint density at radius 2 is 1.97 bits per heavy atom. The Balaban J connectivity index is 1.36. The van der Waals surface area contributed by atoms with E-state index in [9.17, 15) is 9.59 Å². The van der Waals surface area contributed by atoms with Crippen LogP contribution in [-0.4, -0.2) is 54.0 Å². The first kappa shape index (κ1) is 23.4. The molecule has 3 aliphatic rings. The second-order valence-electron chi connectivity index (χ2n) is 9.84. The molecule has 1 spiro atoms. The molecule has 1 aliphatic carbocycles. The van der Waals surface area contributed by atoms with E-state index in [4.69, 9.17) is 18.9 Å². The van der Waals surface area contributed by atoms with E-state index < -0.39 is 11.2 Å². The van der Waals surface area contributed by atoms with Gasteiger partial charge in [-0.25, -0.2) is 9.59 Å². The van der Waals surface area contributed by atoms with Crippen molar-refractivity contribution in [3.8, 4) is 5.75 Å². The average Bonchev–Trinajstić information content (AvgIpc) is 3.22. The number of carbonyl (C=O) groups excluding carboxylic acids is 2. The standard InChI is InChI=1S/C26H33NO6/c1-25(2,3)33-24(29)27-20-11-10-19-15-23(28)32-26(19,16-20)22(27)7-5-6-14-31-17-18-8-12-21(30-4)13-9-18/h8-13,15,20,22H,5-7,14,16-17H2,1-4H3/t20-,22+,26+/m1/s1. The smallest absolute Gasteiger partial charge is 0.411 e. The fraction of sp³-hybridized carbons (Fsp3) is 0.538. The molecule has 0 aromatic heterocycles. The number of carbonyl (C=O) groups is 2. The molecular formula is C26H33NO6. The van der Waals surface area contributed by atoms with E-state index in [-0.39, 0.29) is 24.1 Å². The third-order valence-corrected chi connectivity index (χ3v) is 6.33. The van der Waals surface area contributed by atoms with E-state index in [1.165, 1.54) is 0 Å². The van der Waals surface area contributed by atoms with Gasteiger partial charge in [0.25, 0.3) is 0 Å². The molecule has 0 radical (unpaired) electrons. The maximum Gasteiger partial charge on any atom is 0.411 e. The number of methoxy groups -OCH3 is 1. The molecule has 33 heavy (non-hydrogen) atoms. The molecule has 0 unspecified atom stereocenters. The number of amides is 1. The van der Waals surface area contributed by atoms with Crippen LogP contribution in [-0.2, 0) is 25.6 Å². The van der Waals surface area contributed by atoms with Crippen molar-refractivity contribution in [2.45, 2.75) is 76.3 Å². The monoisotopic (exact) mass is 455 g/mol. The number of unbranched alkanes of at least 4 members (excludes halogenated alkanes) is 1. The first-order chi connectivity index (χ1) is 15.7. The summed E-state index contributed by atoms with van der Waals surface area (Å²) < 4.78 is 22.6. The minimum Gasteiger partial charge on any atom is -0.497 e. The number of hydrogen-bond donors (Lipinski definition) is 0. The lowest BCUT2D eigenvalue weighted by Gasteiger charge is -2.35. The molecular weight excluding hydrogens is 422 g/mol. The molecule has 1 aromatic carbocycles. The van der Waals surface area contributed by atoms with Gasteiger partial charge in [0.1, 0.15) is 11.4 Å². The van der Waals surface area contributed by atoms with Gasteiger partial charge in [0.05, 0.1) is 25.8 Å². The molecule has 1 saturated heterocycles. The number of esters is 1. The molecule has 0 saturated carbocycles. The van der Waals surface area contributed by atoms with Crippen LogP contribution in [0.4, 0.5) is 4.79 Å². The third-order valence-electron chi connectivity index (χ3n) is 6.33. The van der Waals surface area contributed by atoms with Crippen LogP contribution in [0.3, 0.4) is 0 Å². The van der Waals surface area contributed by atoms with Gasteiger partial charge in [-0.15, -0.1) is 0 Å². The fourth-order valence-electron chi connectivity index (χ4n) is 4.91. The molecule has 1 amide bonds. The summed E-state index contributed by atoms with van der Waals surface area (Å²) in [6.07, 6.45) is 8.06. The van der Waals surface area contributed by atoms with E-state index in [0.717, 1.165) is 29.7 Å². The number of ether oxygens (including phenoxy) is 4. The largest absolute Gasteiger partial charge is 0.497 e. The number of likely N-dealkylation sites (tertiary alicyclic amines) is 1. The molecule has 7 heteroatoms. The fourth-order valence-corrected chi connectivity index (χ4v) is 4.91. The van der Waals surface area contributed by atoms with Crippen molar-refractivity contribution in [1.29, 1.82) is 0 Å². The van der Waals surface area contributed by atoms with Crippen molar-refractivity contribution >= 4 is 12.1 Å². The molecule has 2 aliphatic heterocycles. The maximum absolute atomic E-state index is 13.1. The zero-order valence-corrected chi connectivity index (χ0v) is 19.8. The van der Waals surface area contributed by atoms with Crippen molar-refractivity contribution in [3.63, 3.8) is 0 Å². The van der Waals surface area contributed by atoms with Gasteiger partial charge in [-0.05, 0) is 57.7 Å². The molecule has 178 valence electrons.